The Morgan fingerprint density at radius 3 is 2.82 bits per heavy atom. The monoisotopic (exact) mass is 242 g/mol. The van der Waals surface area contributed by atoms with Crippen molar-refractivity contribution in [2.24, 2.45) is 0 Å². The summed E-state index contributed by atoms with van der Waals surface area (Å²) in [5.74, 6) is -2.27. The summed E-state index contributed by atoms with van der Waals surface area (Å²) < 4.78 is 4.99. The van der Waals surface area contributed by atoms with Crippen molar-refractivity contribution in [1.82, 2.24) is 0 Å². The largest absolute Gasteiger partial charge is 0.426 e. The van der Waals surface area contributed by atoms with Gasteiger partial charge >= 0.3 is 5.97 Å². The second-order valence-electron chi connectivity index (χ2n) is 4.72. The van der Waals surface area contributed by atoms with Gasteiger partial charge in [-0.2, -0.15) is 0 Å². The third kappa shape index (κ3) is 1.99. The lowest BCUT2D eigenvalue weighted by Gasteiger charge is -2.28. The van der Waals surface area contributed by atoms with Gasteiger partial charge in [0.2, 0.25) is 5.79 Å². The lowest BCUT2D eigenvalue weighted by atomic mass is 9.84. The summed E-state index contributed by atoms with van der Waals surface area (Å²) in [5, 5.41) is 29.6. The van der Waals surface area contributed by atoms with Gasteiger partial charge < -0.3 is 20.1 Å². The summed E-state index contributed by atoms with van der Waals surface area (Å²) in [6.45, 7) is 1.98. The number of ether oxygens (including phenoxy) is 1. The van der Waals surface area contributed by atoms with E-state index in [0.717, 1.165) is 12.8 Å². The number of aliphatic hydroxyl groups excluding tert-OH is 2. The lowest BCUT2D eigenvalue weighted by molar-refractivity contribution is -0.184. The first-order chi connectivity index (χ1) is 7.99. The minimum Gasteiger partial charge on any atom is -0.426 e. The van der Waals surface area contributed by atoms with Crippen molar-refractivity contribution in [1.29, 1.82) is 0 Å². The molecule has 3 atom stereocenters. The van der Waals surface area contributed by atoms with Crippen LogP contribution in [-0.4, -0.2) is 39.3 Å². The maximum atomic E-state index is 11.6. The molecule has 5 nitrogen and oxygen atoms in total. The van der Waals surface area contributed by atoms with Crippen molar-refractivity contribution < 1.29 is 24.9 Å². The van der Waals surface area contributed by atoms with Crippen LogP contribution in [0, 0.1) is 0 Å². The van der Waals surface area contributed by atoms with E-state index in [0.29, 0.717) is 24.8 Å². The van der Waals surface area contributed by atoms with E-state index in [9.17, 15) is 20.1 Å². The second kappa shape index (κ2) is 4.40. The molecule has 0 fully saturated rings. The number of esters is 1. The first-order valence-corrected chi connectivity index (χ1v) is 6.05. The number of aliphatic hydroxyl groups is 3. The molecular formula is C12H18O5. The van der Waals surface area contributed by atoms with Crippen LogP contribution in [0.2, 0.25) is 0 Å². The minimum absolute atomic E-state index is 0.0577. The third-order valence-corrected chi connectivity index (χ3v) is 3.50. The quantitative estimate of drug-likeness (QED) is 0.617. The Hall–Kier alpha value is -0.910. The predicted octanol–water partition coefficient (Wildman–Crippen LogP) is 0.234. The fourth-order valence-corrected chi connectivity index (χ4v) is 2.49. The molecule has 1 heterocycles. The Morgan fingerprint density at radius 2 is 2.18 bits per heavy atom. The lowest BCUT2D eigenvalue weighted by Crippen LogP contribution is -2.36. The van der Waals surface area contributed by atoms with Crippen molar-refractivity contribution in [3.05, 3.63) is 11.1 Å². The molecule has 0 unspecified atom stereocenters. The van der Waals surface area contributed by atoms with Gasteiger partial charge in [-0.3, -0.25) is 0 Å². The van der Waals surface area contributed by atoms with Crippen molar-refractivity contribution >= 4 is 5.97 Å². The van der Waals surface area contributed by atoms with E-state index in [2.05, 4.69) is 0 Å². The molecule has 0 aromatic heterocycles. The van der Waals surface area contributed by atoms with Crippen LogP contribution in [0.4, 0.5) is 0 Å². The number of hydrogen-bond acceptors (Lipinski definition) is 5. The second-order valence-corrected chi connectivity index (χ2v) is 4.72. The third-order valence-electron chi connectivity index (χ3n) is 3.50. The molecule has 0 saturated carbocycles. The molecule has 0 radical (unpaired) electrons. The number of carbonyl (C=O) groups excluding carboxylic acids is 1. The molecule has 0 spiro atoms. The molecule has 2 rings (SSSR count). The van der Waals surface area contributed by atoms with Crippen molar-refractivity contribution in [2.75, 3.05) is 0 Å². The average Bonchev–Trinajstić information content (AvgIpc) is 2.54. The Bertz CT molecular complexity index is 362. The topological polar surface area (TPSA) is 87.0 Å². The Morgan fingerprint density at radius 1 is 1.47 bits per heavy atom. The Labute approximate surface area is 99.7 Å². The van der Waals surface area contributed by atoms with Gasteiger partial charge in [0.15, 0.2) is 0 Å². The number of carbonyl (C=O) groups is 1. The maximum Gasteiger partial charge on any atom is 0.339 e. The van der Waals surface area contributed by atoms with E-state index in [-0.39, 0.29) is 5.57 Å². The molecule has 17 heavy (non-hydrogen) atoms. The van der Waals surface area contributed by atoms with E-state index in [1.54, 1.807) is 0 Å². The summed E-state index contributed by atoms with van der Waals surface area (Å²) >= 11 is 0. The molecule has 2 aliphatic rings. The zero-order chi connectivity index (χ0) is 12.6. The van der Waals surface area contributed by atoms with Crippen LogP contribution in [0.25, 0.3) is 0 Å². The van der Waals surface area contributed by atoms with E-state index in [1.165, 1.54) is 0 Å². The highest BCUT2D eigenvalue weighted by Crippen LogP contribution is 2.42. The normalized spacial score (nSPS) is 37.1. The highest BCUT2D eigenvalue weighted by Gasteiger charge is 2.50. The SMILES string of the molecule is CCCC[C@@]1(O)OC(=O)C2=C1CC[C@H](O)[C@@H]2O. The molecule has 0 bridgehead atoms. The van der Waals surface area contributed by atoms with Gasteiger partial charge in [-0.1, -0.05) is 13.3 Å². The first-order valence-electron chi connectivity index (χ1n) is 6.05. The van der Waals surface area contributed by atoms with Crippen molar-refractivity contribution in [3.8, 4) is 0 Å². The zero-order valence-corrected chi connectivity index (χ0v) is 9.85. The molecule has 3 N–H and O–H groups in total. The molecule has 0 aromatic carbocycles. The van der Waals surface area contributed by atoms with Crippen LogP contribution in [0.5, 0.6) is 0 Å². The fraction of sp³-hybridized carbons (Fsp3) is 0.750. The highest BCUT2D eigenvalue weighted by molar-refractivity contribution is 5.94. The Balaban J connectivity index is 2.30. The van der Waals surface area contributed by atoms with Gasteiger partial charge in [-0.25, -0.2) is 4.79 Å². The number of hydrogen-bond donors (Lipinski definition) is 3. The first kappa shape index (κ1) is 12.5. The number of unbranched alkanes of at least 4 members (excludes halogenated alkanes) is 1. The molecule has 0 amide bonds. The molecule has 96 valence electrons. The summed E-state index contributed by atoms with van der Waals surface area (Å²) in [4.78, 5) is 11.6. The van der Waals surface area contributed by atoms with Gasteiger partial charge in [0.1, 0.15) is 6.10 Å². The van der Waals surface area contributed by atoms with E-state index in [4.69, 9.17) is 4.74 Å². The predicted molar refractivity (Wildman–Crippen MR) is 58.8 cm³/mol. The van der Waals surface area contributed by atoms with Crippen LogP contribution < -0.4 is 0 Å². The maximum absolute atomic E-state index is 11.6. The molecular weight excluding hydrogens is 224 g/mol. The number of rotatable bonds is 3. The van der Waals surface area contributed by atoms with E-state index < -0.39 is 24.0 Å². The molecule has 0 saturated heterocycles. The van der Waals surface area contributed by atoms with Crippen LogP contribution in [0.15, 0.2) is 11.1 Å². The van der Waals surface area contributed by atoms with Gasteiger partial charge in [0.25, 0.3) is 0 Å². The molecule has 0 aromatic rings. The molecule has 1 aliphatic heterocycles. The summed E-state index contributed by atoms with van der Waals surface area (Å²) in [7, 11) is 0. The van der Waals surface area contributed by atoms with Crippen LogP contribution in [0.1, 0.15) is 39.0 Å². The van der Waals surface area contributed by atoms with Crippen LogP contribution in [-0.2, 0) is 9.53 Å². The summed E-state index contributed by atoms with van der Waals surface area (Å²) in [6, 6.07) is 0. The zero-order valence-electron chi connectivity index (χ0n) is 9.85. The van der Waals surface area contributed by atoms with Crippen LogP contribution in [0.3, 0.4) is 0 Å². The van der Waals surface area contributed by atoms with E-state index >= 15 is 0 Å². The van der Waals surface area contributed by atoms with Crippen molar-refractivity contribution in [2.45, 2.75) is 57.0 Å². The van der Waals surface area contributed by atoms with Gasteiger partial charge in [-0.05, 0) is 19.3 Å². The van der Waals surface area contributed by atoms with Crippen LogP contribution >= 0.6 is 0 Å². The summed E-state index contributed by atoms with van der Waals surface area (Å²) in [5.41, 5.74) is 0.510. The van der Waals surface area contributed by atoms with Gasteiger partial charge in [0.05, 0.1) is 11.7 Å². The molecule has 1 aliphatic carbocycles. The standard InChI is InChI=1S/C12H18O5/c1-2-3-6-12(16)7-4-5-8(13)10(14)9(7)11(15)17-12/h8,10,13-14,16H,2-6H2,1H3/t8-,10-,12+/m0/s1. The smallest absolute Gasteiger partial charge is 0.339 e. The minimum atomic E-state index is -1.57. The fourth-order valence-electron chi connectivity index (χ4n) is 2.49. The average molecular weight is 242 g/mol. The Kier molecular flexibility index (Phi) is 3.25. The summed E-state index contributed by atoms with van der Waals surface area (Å²) in [6.07, 6.45) is 0.505. The van der Waals surface area contributed by atoms with E-state index in [1.807, 2.05) is 6.92 Å². The number of cyclic esters (lactones) is 1. The van der Waals surface area contributed by atoms with Gasteiger partial charge in [-0.15, -0.1) is 0 Å². The van der Waals surface area contributed by atoms with Gasteiger partial charge in [0, 0.05) is 12.0 Å². The molecule has 5 heteroatoms. The highest BCUT2D eigenvalue weighted by atomic mass is 16.7. The van der Waals surface area contributed by atoms with Crippen molar-refractivity contribution in [3.63, 3.8) is 0 Å².